The van der Waals surface area contributed by atoms with Crippen molar-refractivity contribution in [1.82, 2.24) is 15.2 Å². The Kier molecular flexibility index (Phi) is 3.79. The lowest BCUT2D eigenvalue weighted by atomic mass is 10.2. The van der Waals surface area contributed by atoms with Crippen LogP contribution in [0.4, 0.5) is 5.69 Å². The Hall–Kier alpha value is -2.47. The third-order valence-corrected chi connectivity index (χ3v) is 3.48. The highest BCUT2D eigenvalue weighted by molar-refractivity contribution is 6.40. The van der Waals surface area contributed by atoms with Crippen molar-refractivity contribution in [2.24, 2.45) is 0 Å². The summed E-state index contributed by atoms with van der Waals surface area (Å²) in [4.78, 5) is 30.0. The van der Waals surface area contributed by atoms with Gasteiger partial charge in [0.2, 0.25) is 0 Å². The van der Waals surface area contributed by atoms with Gasteiger partial charge in [0.1, 0.15) is 0 Å². The Bertz CT molecular complexity index is 675. The summed E-state index contributed by atoms with van der Waals surface area (Å²) in [7, 11) is 0. The molecule has 0 aliphatic carbocycles. The van der Waals surface area contributed by atoms with E-state index in [0.29, 0.717) is 24.3 Å². The van der Waals surface area contributed by atoms with E-state index < -0.39 is 11.8 Å². The second-order valence-corrected chi connectivity index (χ2v) is 4.88. The van der Waals surface area contributed by atoms with Crippen molar-refractivity contribution in [3.63, 3.8) is 0 Å². The molecule has 0 radical (unpaired) electrons. The molecule has 2 aromatic rings. The molecule has 3 rings (SSSR count). The molecular weight excluding hydrogens is 268 g/mol. The maximum atomic E-state index is 12.1. The molecule has 1 saturated heterocycles. The normalized spacial score (nSPS) is 15.0. The SMILES string of the molecule is O=C(Nc1cccc2cccnc12)C(=O)N1CCNCC1. The molecule has 1 aromatic carbocycles. The molecule has 0 atom stereocenters. The van der Waals surface area contributed by atoms with E-state index in [1.165, 1.54) is 0 Å². The molecule has 0 spiro atoms. The standard InChI is InChI=1S/C15H16N4O2/c20-14(15(21)19-9-7-16-8-10-19)18-12-5-1-3-11-4-2-6-17-13(11)12/h1-6,16H,7-10H2,(H,18,20). The number of carbonyl (C=O) groups excluding carboxylic acids is 2. The van der Waals surface area contributed by atoms with Crippen LogP contribution >= 0.6 is 0 Å². The van der Waals surface area contributed by atoms with E-state index in [9.17, 15) is 9.59 Å². The molecular formula is C15H16N4O2. The number of hydrogen-bond donors (Lipinski definition) is 2. The van der Waals surface area contributed by atoms with E-state index in [4.69, 9.17) is 0 Å². The zero-order valence-electron chi connectivity index (χ0n) is 11.5. The van der Waals surface area contributed by atoms with Crippen molar-refractivity contribution in [3.8, 4) is 0 Å². The number of piperazine rings is 1. The summed E-state index contributed by atoms with van der Waals surface area (Å²) in [5.74, 6) is -1.11. The third kappa shape index (κ3) is 2.85. The molecule has 2 amide bonds. The van der Waals surface area contributed by atoms with E-state index in [1.807, 2.05) is 24.3 Å². The van der Waals surface area contributed by atoms with Crippen molar-refractivity contribution in [2.45, 2.75) is 0 Å². The fraction of sp³-hybridized carbons (Fsp3) is 0.267. The van der Waals surface area contributed by atoms with E-state index in [2.05, 4.69) is 15.6 Å². The van der Waals surface area contributed by atoms with Crippen LogP contribution in [0.15, 0.2) is 36.5 Å². The lowest BCUT2D eigenvalue weighted by Gasteiger charge is -2.26. The van der Waals surface area contributed by atoms with Crippen LogP contribution in [0.1, 0.15) is 0 Å². The average Bonchev–Trinajstić information content (AvgIpc) is 2.55. The topological polar surface area (TPSA) is 74.3 Å². The van der Waals surface area contributed by atoms with Gasteiger partial charge in [-0.2, -0.15) is 0 Å². The number of aromatic nitrogens is 1. The van der Waals surface area contributed by atoms with Crippen LogP contribution in [0.2, 0.25) is 0 Å². The predicted octanol–water partition coefficient (Wildman–Crippen LogP) is 0.605. The zero-order valence-corrected chi connectivity index (χ0v) is 11.5. The second-order valence-electron chi connectivity index (χ2n) is 4.88. The van der Waals surface area contributed by atoms with Crippen molar-refractivity contribution in [1.29, 1.82) is 0 Å². The monoisotopic (exact) mass is 284 g/mol. The molecule has 1 aliphatic heterocycles. The van der Waals surface area contributed by atoms with Gasteiger partial charge in [-0.25, -0.2) is 0 Å². The van der Waals surface area contributed by atoms with Gasteiger partial charge in [0.05, 0.1) is 11.2 Å². The molecule has 2 heterocycles. The lowest BCUT2D eigenvalue weighted by molar-refractivity contribution is -0.143. The molecule has 0 bridgehead atoms. The molecule has 0 unspecified atom stereocenters. The average molecular weight is 284 g/mol. The molecule has 6 heteroatoms. The first-order chi connectivity index (χ1) is 10.3. The highest BCUT2D eigenvalue weighted by Crippen LogP contribution is 2.20. The summed E-state index contributed by atoms with van der Waals surface area (Å²) in [6, 6.07) is 9.24. The Labute approximate surface area is 122 Å². The number of carbonyl (C=O) groups is 2. The number of amides is 2. The minimum Gasteiger partial charge on any atom is -0.332 e. The largest absolute Gasteiger partial charge is 0.332 e. The van der Waals surface area contributed by atoms with Crippen LogP contribution in [-0.2, 0) is 9.59 Å². The number of benzene rings is 1. The van der Waals surface area contributed by atoms with Gasteiger partial charge in [0.15, 0.2) is 0 Å². The van der Waals surface area contributed by atoms with Crippen molar-refractivity contribution in [3.05, 3.63) is 36.5 Å². The third-order valence-electron chi connectivity index (χ3n) is 3.48. The molecule has 0 saturated carbocycles. The highest BCUT2D eigenvalue weighted by Gasteiger charge is 2.23. The van der Waals surface area contributed by atoms with E-state index >= 15 is 0 Å². The first kappa shape index (κ1) is 13.5. The number of anilines is 1. The van der Waals surface area contributed by atoms with E-state index in [0.717, 1.165) is 18.5 Å². The Morgan fingerprint density at radius 2 is 1.90 bits per heavy atom. The fourth-order valence-electron chi connectivity index (χ4n) is 2.39. The van der Waals surface area contributed by atoms with Crippen molar-refractivity contribution >= 4 is 28.4 Å². The molecule has 108 valence electrons. The van der Waals surface area contributed by atoms with Gasteiger partial charge in [0, 0.05) is 37.8 Å². The van der Waals surface area contributed by atoms with Gasteiger partial charge < -0.3 is 15.5 Å². The van der Waals surface area contributed by atoms with Gasteiger partial charge in [-0.3, -0.25) is 14.6 Å². The predicted molar refractivity (Wildman–Crippen MR) is 79.8 cm³/mol. The number of pyridine rings is 1. The Balaban J connectivity index is 1.78. The minimum atomic E-state index is -0.616. The fourth-order valence-corrected chi connectivity index (χ4v) is 2.39. The van der Waals surface area contributed by atoms with Gasteiger partial charge in [-0.15, -0.1) is 0 Å². The van der Waals surface area contributed by atoms with E-state index in [-0.39, 0.29) is 0 Å². The van der Waals surface area contributed by atoms with Crippen LogP contribution in [0.5, 0.6) is 0 Å². The number of nitrogens with zero attached hydrogens (tertiary/aromatic N) is 2. The summed E-state index contributed by atoms with van der Waals surface area (Å²) >= 11 is 0. The van der Waals surface area contributed by atoms with Crippen LogP contribution in [-0.4, -0.2) is 47.9 Å². The number of nitrogens with one attached hydrogen (secondary N) is 2. The lowest BCUT2D eigenvalue weighted by Crippen LogP contribution is -2.49. The van der Waals surface area contributed by atoms with Gasteiger partial charge in [0.25, 0.3) is 0 Å². The van der Waals surface area contributed by atoms with Crippen molar-refractivity contribution in [2.75, 3.05) is 31.5 Å². The number of para-hydroxylation sites is 1. The summed E-state index contributed by atoms with van der Waals surface area (Å²) in [5, 5.41) is 6.74. The van der Waals surface area contributed by atoms with E-state index in [1.54, 1.807) is 17.2 Å². The van der Waals surface area contributed by atoms with Crippen LogP contribution in [0.3, 0.4) is 0 Å². The minimum absolute atomic E-state index is 0.496. The summed E-state index contributed by atoms with van der Waals surface area (Å²) in [6.45, 7) is 2.55. The number of fused-ring (bicyclic) bond motifs is 1. The quantitative estimate of drug-likeness (QED) is 0.752. The highest BCUT2D eigenvalue weighted by atomic mass is 16.2. The first-order valence-electron chi connectivity index (χ1n) is 6.90. The number of rotatable bonds is 1. The first-order valence-corrected chi connectivity index (χ1v) is 6.90. The zero-order chi connectivity index (χ0) is 14.7. The molecule has 2 N–H and O–H groups in total. The smallest absolute Gasteiger partial charge is 0.313 e. The molecule has 1 aromatic heterocycles. The summed E-state index contributed by atoms with van der Waals surface area (Å²) in [5.41, 5.74) is 1.24. The Morgan fingerprint density at radius 1 is 1.14 bits per heavy atom. The maximum absolute atomic E-state index is 12.1. The van der Waals surface area contributed by atoms with Gasteiger partial charge in [-0.05, 0) is 12.1 Å². The molecule has 1 aliphatic rings. The maximum Gasteiger partial charge on any atom is 0.313 e. The van der Waals surface area contributed by atoms with Crippen molar-refractivity contribution < 1.29 is 9.59 Å². The van der Waals surface area contributed by atoms with Crippen LogP contribution < -0.4 is 10.6 Å². The molecule has 6 nitrogen and oxygen atoms in total. The van der Waals surface area contributed by atoms with Gasteiger partial charge >= 0.3 is 11.8 Å². The van der Waals surface area contributed by atoms with Crippen LogP contribution in [0.25, 0.3) is 10.9 Å². The van der Waals surface area contributed by atoms with Gasteiger partial charge in [-0.1, -0.05) is 18.2 Å². The summed E-state index contributed by atoms with van der Waals surface area (Å²) in [6.07, 6.45) is 1.66. The second kappa shape index (κ2) is 5.88. The molecule has 21 heavy (non-hydrogen) atoms. The molecule has 1 fully saturated rings. The summed E-state index contributed by atoms with van der Waals surface area (Å²) < 4.78 is 0. The Morgan fingerprint density at radius 3 is 2.71 bits per heavy atom. The number of hydrogen-bond acceptors (Lipinski definition) is 4. The van der Waals surface area contributed by atoms with Crippen LogP contribution in [0, 0.1) is 0 Å².